The fourth-order valence-corrected chi connectivity index (χ4v) is 3.31. The first-order chi connectivity index (χ1) is 9.49. The SMILES string of the molecule is O=C(O)[C@H]1CC2(CC2)C[C@@H]1C(=O)Nc1ccc(Cl)cc1. The van der Waals surface area contributed by atoms with Crippen LogP contribution in [0.15, 0.2) is 24.3 Å². The molecule has 0 radical (unpaired) electrons. The lowest BCUT2D eigenvalue weighted by molar-refractivity contribution is -0.145. The summed E-state index contributed by atoms with van der Waals surface area (Å²) in [6, 6.07) is 6.83. The van der Waals surface area contributed by atoms with Gasteiger partial charge in [-0.25, -0.2) is 0 Å². The molecular formula is C15H16ClNO3. The summed E-state index contributed by atoms with van der Waals surface area (Å²) in [6.45, 7) is 0. The van der Waals surface area contributed by atoms with Crippen LogP contribution in [0.25, 0.3) is 0 Å². The summed E-state index contributed by atoms with van der Waals surface area (Å²) in [5.41, 5.74) is 0.783. The molecule has 2 saturated carbocycles. The zero-order chi connectivity index (χ0) is 14.3. The zero-order valence-corrected chi connectivity index (χ0v) is 11.7. The number of carbonyl (C=O) groups excluding carboxylic acids is 1. The lowest BCUT2D eigenvalue weighted by Gasteiger charge is -2.15. The van der Waals surface area contributed by atoms with Crippen molar-refractivity contribution in [2.45, 2.75) is 25.7 Å². The summed E-state index contributed by atoms with van der Waals surface area (Å²) in [4.78, 5) is 23.7. The standard InChI is InChI=1S/C15H16ClNO3/c16-9-1-3-10(4-2-9)17-13(18)11-7-15(5-6-15)8-12(11)14(19)20/h1-4,11-12H,5-8H2,(H,17,18)(H,19,20)/t11-,12-/m0/s1. The quantitative estimate of drug-likeness (QED) is 0.899. The number of hydrogen-bond acceptors (Lipinski definition) is 2. The van der Waals surface area contributed by atoms with Gasteiger partial charge in [-0.15, -0.1) is 0 Å². The van der Waals surface area contributed by atoms with E-state index in [2.05, 4.69) is 5.32 Å². The molecular weight excluding hydrogens is 278 g/mol. The summed E-state index contributed by atoms with van der Waals surface area (Å²) in [7, 11) is 0. The maximum atomic E-state index is 12.3. The Morgan fingerprint density at radius 3 is 2.30 bits per heavy atom. The molecule has 1 aromatic carbocycles. The molecule has 2 fully saturated rings. The summed E-state index contributed by atoms with van der Waals surface area (Å²) in [5.74, 6) is -2.02. The predicted octanol–water partition coefficient (Wildman–Crippen LogP) is 3.17. The van der Waals surface area contributed by atoms with Crippen LogP contribution in [-0.2, 0) is 9.59 Å². The Morgan fingerprint density at radius 1 is 1.15 bits per heavy atom. The molecule has 0 aromatic heterocycles. The second-order valence-electron chi connectivity index (χ2n) is 5.96. The molecule has 3 rings (SSSR count). The number of hydrogen-bond donors (Lipinski definition) is 2. The summed E-state index contributed by atoms with van der Waals surface area (Å²) >= 11 is 5.80. The highest BCUT2D eigenvalue weighted by atomic mass is 35.5. The van der Waals surface area contributed by atoms with Gasteiger partial charge in [0.2, 0.25) is 5.91 Å². The number of aliphatic carboxylic acids is 1. The minimum absolute atomic E-state index is 0.130. The van der Waals surface area contributed by atoms with E-state index in [1.807, 2.05) is 0 Å². The molecule has 2 aliphatic carbocycles. The Morgan fingerprint density at radius 2 is 1.75 bits per heavy atom. The van der Waals surface area contributed by atoms with Crippen LogP contribution in [0.1, 0.15) is 25.7 Å². The Kier molecular flexibility index (Phi) is 3.21. The molecule has 0 bridgehead atoms. The predicted molar refractivity (Wildman–Crippen MR) is 75.6 cm³/mol. The number of carbonyl (C=O) groups is 2. The molecule has 1 amide bonds. The minimum atomic E-state index is -0.856. The van der Waals surface area contributed by atoms with Gasteiger partial charge < -0.3 is 10.4 Å². The van der Waals surface area contributed by atoms with Gasteiger partial charge in [0.15, 0.2) is 0 Å². The maximum absolute atomic E-state index is 12.3. The molecule has 0 saturated heterocycles. The molecule has 0 heterocycles. The second kappa shape index (κ2) is 4.77. The molecule has 2 atom stereocenters. The van der Waals surface area contributed by atoms with Crippen LogP contribution in [0.4, 0.5) is 5.69 Å². The number of halogens is 1. The third kappa shape index (κ3) is 2.52. The third-order valence-corrected chi connectivity index (χ3v) is 4.77. The lowest BCUT2D eigenvalue weighted by Crippen LogP contribution is -2.29. The monoisotopic (exact) mass is 293 g/mol. The fourth-order valence-electron chi connectivity index (χ4n) is 3.19. The summed E-state index contributed by atoms with van der Waals surface area (Å²) in [5, 5.41) is 12.7. The highest BCUT2D eigenvalue weighted by Gasteiger charge is 2.56. The number of amides is 1. The normalized spacial score (nSPS) is 26.4. The summed E-state index contributed by atoms with van der Waals surface area (Å²) < 4.78 is 0. The maximum Gasteiger partial charge on any atom is 0.307 e. The Balaban J connectivity index is 1.72. The van der Waals surface area contributed by atoms with E-state index < -0.39 is 17.8 Å². The molecule has 0 unspecified atom stereocenters. The van der Waals surface area contributed by atoms with Gasteiger partial charge in [0.25, 0.3) is 0 Å². The van der Waals surface area contributed by atoms with Crippen LogP contribution in [0.2, 0.25) is 5.02 Å². The van der Waals surface area contributed by atoms with Gasteiger partial charge in [0.1, 0.15) is 0 Å². The van der Waals surface area contributed by atoms with Crippen molar-refractivity contribution in [3.63, 3.8) is 0 Å². The number of carboxylic acid groups (broad SMARTS) is 1. The Bertz CT molecular complexity index is 551. The molecule has 5 heteroatoms. The Hall–Kier alpha value is -1.55. The molecule has 106 valence electrons. The third-order valence-electron chi connectivity index (χ3n) is 4.51. The van der Waals surface area contributed by atoms with E-state index >= 15 is 0 Å². The molecule has 2 aliphatic rings. The average molecular weight is 294 g/mol. The van der Waals surface area contributed by atoms with Crippen molar-refractivity contribution >= 4 is 29.2 Å². The van der Waals surface area contributed by atoms with Crippen molar-refractivity contribution in [2.24, 2.45) is 17.3 Å². The van der Waals surface area contributed by atoms with Crippen LogP contribution < -0.4 is 5.32 Å². The summed E-state index contributed by atoms with van der Waals surface area (Å²) in [6.07, 6.45) is 3.45. The van der Waals surface area contributed by atoms with Crippen molar-refractivity contribution in [2.75, 3.05) is 5.32 Å². The molecule has 1 aromatic rings. The van der Waals surface area contributed by atoms with E-state index in [9.17, 15) is 14.7 Å². The van der Waals surface area contributed by atoms with Crippen molar-refractivity contribution in [1.82, 2.24) is 0 Å². The lowest BCUT2D eigenvalue weighted by atomic mass is 9.95. The van der Waals surface area contributed by atoms with Crippen LogP contribution in [0.3, 0.4) is 0 Å². The van der Waals surface area contributed by atoms with E-state index in [0.29, 0.717) is 23.6 Å². The number of benzene rings is 1. The van der Waals surface area contributed by atoms with Gasteiger partial charge in [0, 0.05) is 10.7 Å². The first-order valence-corrected chi connectivity index (χ1v) is 7.16. The van der Waals surface area contributed by atoms with E-state index in [1.54, 1.807) is 24.3 Å². The van der Waals surface area contributed by atoms with E-state index in [4.69, 9.17) is 11.6 Å². The smallest absolute Gasteiger partial charge is 0.307 e. The van der Waals surface area contributed by atoms with Gasteiger partial charge in [-0.1, -0.05) is 11.6 Å². The highest BCUT2D eigenvalue weighted by molar-refractivity contribution is 6.30. The van der Waals surface area contributed by atoms with Crippen LogP contribution in [0, 0.1) is 17.3 Å². The number of anilines is 1. The van der Waals surface area contributed by atoms with Gasteiger partial charge in [0.05, 0.1) is 11.8 Å². The zero-order valence-electron chi connectivity index (χ0n) is 10.9. The van der Waals surface area contributed by atoms with Crippen molar-refractivity contribution < 1.29 is 14.7 Å². The molecule has 0 aliphatic heterocycles. The first-order valence-electron chi connectivity index (χ1n) is 6.78. The Labute approximate surface area is 122 Å². The van der Waals surface area contributed by atoms with E-state index in [0.717, 1.165) is 12.8 Å². The van der Waals surface area contributed by atoms with Crippen molar-refractivity contribution in [3.05, 3.63) is 29.3 Å². The van der Waals surface area contributed by atoms with Gasteiger partial charge >= 0.3 is 5.97 Å². The molecule has 1 spiro atoms. The molecule has 20 heavy (non-hydrogen) atoms. The van der Waals surface area contributed by atoms with Crippen molar-refractivity contribution in [3.8, 4) is 0 Å². The van der Waals surface area contributed by atoms with Crippen LogP contribution >= 0.6 is 11.6 Å². The van der Waals surface area contributed by atoms with Crippen molar-refractivity contribution in [1.29, 1.82) is 0 Å². The van der Waals surface area contributed by atoms with Crippen LogP contribution in [0.5, 0.6) is 0 Å². The van der Waals surface area contributed by atoms with Gasteiger partial charge in [-0.2, -0.15) is 0 Å². The average Bonchev–Trinajstić information content (AvgIpc) is 3.03. The van der Waals surface area contributed by atoms with Gasteiger partial charge in [-0.3, -0.25) is 9.59 Å². The first kappa shape index (κ1) is 13.4. The second-order valence-corrected chi connectivity index (χ2v) is 6.39. The number of nitrogens with one attached hydrogen (secondary N) is 1. The topological polar surface area (TPSA) is 66.4 Å². The largest absolute Gasteiger partial charge is 0.481 e. The highest BCUT2D eigenvalue weighted by Crippen LogP contribution is 2.61. The molecule has 2 N–H and O–H groups in total. The minimum Gasteiger partial charge on any atom is -0.481 e. The molecule has 4 nitrogen and oxygen atoms in total. The number of carboxylic acids is 1. The number of rotatable bonds is 3. The van der Waals surface area contributed by atoms with Gasteiger partial charge in [-0.05, 0) is 55.4 Å². The fraction of sp³-hybridized carbons (Fsp3) is 0.467. The van der Waals surface area contributed by atoms with E-state index in [-0.39, 0.29) is 11.3 Å². The van der Waals surface area contributed by atoms with E-state index in [1.165, 1.54) is 0 Å². The van der Waals surface area contributed by atoms with Crippen LogP contribution in [-0.4, -0.2) is 17.0 Å².